The third-order valence-corrected chi connectivity index (χ3v) is 2.71. The minimum atomic E-state index is -0.320. The van der Waals surface area contributed by atoms with Crippen molar-refractivity contribution in [3.63, 3.8) is 0 Å². The first-order chi connectivity index (χ1) is 8.65. The number of ether oxygens (including phenoxy) is 1. The largest absolute Gasteiger partial charge is 0.383 e. The molecule has 0 aliphatic carbocycles. The first kappa shape index (κ1) is 12.6. The predicted octanol–water partition coefficient (Wildman–Crippen LogP) is 0.719. The lowest BCUT2D eigenvalue weighted by molar-refractivity contribution is 0.102. The number of halogens is 1. The number of nitrogens with one attached hydrogen (secondary N) is 1. The summed E-state index contributed by atoms with van der Waals surface area (Å²) in [6.45, 7) is 0.862. The maximum absolute atomic E-state index is 12.3. The van der Waals surface area contributed by atoms with Gasteiger partial charge in [-0.2, -0.15) is 10.2 Å². The van der Waals surface area contributed by atoms with E-state index in [0.717, 1.165) is 0 Å². The number of carbonyl (C=O) groups is 1. The number of anilines is 1. The monoisotopic (exact) mass is 269 g/mol. The van der Waals surface area contributed by atoms with Crippen molar-refractivity contribution in [2.24, 2.45) is 0 Å². The quantitative estimate of drug-likeness (QED) is 0.779. The fourth-order valence-electron chi connectivity index (χ4n) is 1.54. The topological polar surface area (TPSA) is 98.8 Å². The molecule has 0 saturated heterocycles. The average Bonchev–Trinajstić information content (AvgIpc) is 2.92. The molecule has 0 aromatic carbocycles. The summed E-state index contributed by atoms with van der Waals surface area (Å²) in [6.07, 6.45) is 2.78. The second-order valence-corrected chi connectivity index (χ2v) is 3.99. The Labute approximate surface area is 108 Å². The number of hydrogen-bond acceptors (Lipinski definition) is 5. The number of carbonyl (C=O) groups excluding carboxylic acids is 1. The van der Waals surface area contributed by atoms with E-state index in [1.807, 2.05) is 0 Å². The molecule has 96 valence electrons. The highest BCUT2D eigenvalue weighted by Crippen LogP contribution is 2.21. The van der Waals surface area contributed by atoms with Gasteiger partial charge in [-0.1, -0.05) is 11.6 Å². The standard InChI is InChI=1S/C10H12ClN5O2/c1-18-3-2-16-8(7(11)5-14-16)9(17)6-4-13-15-10(6)12/h4-5H,2-3H2,1H3,(H3,12,13,15). The number of hydrogen-bond donors (Lipinski definition) is 2. The van der Waals surface area contributed by atoms with Gasteiger partial charge in [0.1, 0.15) is 11.5 Å². The summed E-state index contributed by atoms with van der Waals surface area (Å²) in [5, 5.41) is 10.5. The molecule has 3 N–H and O–H groups in total. The average molecular weight is 270 g/mol. The van der Waals surface area contributed by atoms with E-state index in [9.17, 15) is 4.79 Å². The zero-order valence-electron chi connectivity index (χ0n) is 9.68. The molecule has 7 nitrogen and oxygen atoms in total. The molecule has 0 radical (unpaired) electrons. The van der Waals surface area contributed by atoms with Gasteiger partial charge >= 0.3 is 0 Å². The molecule has 2 heterocycles. The smallest absolute Gasteiger partial charge is 0.217 e. The highest BCUT2D eigenvalue weighted by Gasteiger charge is 2.22. The summed E-state index contributed by atoms with van der Waals surface area (Å²) >= 11 is 5.97. The molecule has 0 amide bonds. The van der Waals surface area contributed by atoms with Crippen LogP contribution in [0.25, 0.3) is 0 Å². The normalized spacial score (nSPS) is 10.8. The number of rotatable bonds is 5. The molecule has 2 aromatic rings. The molecule has 0 spiro atoms. The van der Waals surface area contributed by atoms with Gasteiger partial charge in [0, 0.05) is 7.11 Å². The molecule has 0 aliphatic heterocycles. The van der Waals surface area contributed by atoms with Crippen LogP contribution in [0.5, 0.6) is 0 Å². The van der Waals surface area contributed by atoms with Gasteiger partial charge in [0.25, 0.3) is 0 Å². The highest BCUT2D eigenvalue weighted by molar-refractivity contribution is 6.34. The molecule has 2 rings (SSSR count). The van der Waals surface area contributed by atoms with Gasteiger partial charge in [-0.3, -0.25) is 14.6 Å². The predicted molar refractivity (Wildman–Crippen MR) is 65.5 cm³/mol. The van der Waals surface area contributed by atoms with Gasteiger partial charge in [-0.15, -0.1) is 0 Å². The van der Waals surface area contributed by atoms with Gasteiger partial charge in [-0.25, -0.2) is 0 Å². The lowest BCUT2D eigenvalue weighted by Gasteiger charge is -2.06. The van der Waals surface area contributed by atoms with Gasteiger partial charge in [0.05, 0.1) is 36.1 Å². The summed E-state index contributed by atoms with van der Waals surface area (Å²) in [7, 11) is 1.57. The summed E-state index contributed by atoms with van der Waals surface area (Å²) in [6, 6.07) is 0. The van der Waals surface area contributed by atoms with Crippen LogP contribution in [0.1, 0.15) is 16.1 Å². The van der Waals surface area contributed by atoms with Gasteiger partial charge in [0.15, 0.2) is 0 Å². The zero-order chi connectivity index (χ0) is 13.1. The van der Waals surface area contributed by atoms with Crippen LogP contribution in [0, 0.1) is 0 Å². The van der Waals surface area contributed by atoms with Gasteiger partial charge in [0.2, 0.25) is 5.78 Å². The van der Waals surface area contributed by atoms with E-state index in [0.29, 0.717) is 13.2 Å². The molecule has 0 saturated carbocycles. The Hall–Kier alpha value is -1.86. The molecule has 18 heavy (non-hydrogen) atoms. The lowest BCUT2D eigenvalue weighted by atomic mass is 10.1. The fraction of sp³-hybridized carbons (Fsp3) is 0.300. The first-order valence-corrected chi connectivity index (χ1v) is 5.56. The van der Waals surface area contributed by atoms with E-state index in [2.05, 4.69) is 15.3 Å². The number of H-pyrrole nitrogens is 1. The minimum absolute atomic E-state index is 0.204. The summed E-state index contributed by atoms with van der Waals surface area (Å²) in [4.78, 5) is 12.3. The van der Waals surface area contributed by atoms with E-state index >= 15 is 0 Å². The van der Waals surface area contributed by atoms with Crippen LogP contribution in [-0.2, 0) is 11.3 Å². The Bertz CT molecular complexity index is 562. The molecular formula is C10H12ClN5O2. The molecule has 0 fully saturated rings. The van der Waals surface area contributed by atoms with Crippen molar-refractivity contribution < 1.29 is 9.53 Å². The molecule has 0 aliphatic rings. The second-order valence-electron chi connectivity index (χ2n) is 3.58. The van der Waals surface area contributed by atoms with E-state index in [4.69, 9.17) is 22.1 Å². The van der Waals surface area contributed by atoms with Crippen LogP contribution in [0.3, 0.4) is 0 Å². The van der Waals surface area contributed by atoms with Crippen LogP contribution >= 0.6 is 11.6 Å². The number of nitrogen functional groups attached to an aromatic ring is 1. The highest BCUT2D eigenvalue weighted by atomic mass is 35.5. The SMILES string of the molecule is COCCn1ncc(Cl)c1C(=O)c1cn[nH]c1N. The minimum Gasteiger partial charge on any atom is -0.383 e. The van der Waals surface area contributed by atoms with E-state index in [1.165, 1.54) is 17.1 Å². The van der Waals surface area contributed by atoms with E-state index in [1.54, 1.807) is 7.11 Å². The maximum atomic E-state index is 12.3. The number of ketones is 1. The lowest BCUT2D eigenvalue weighted by Crippen LogP contribution is -2.15. The van der Waals surface area contributed by atoms with Crippen LogP contribution < -0.4 is 5.73 Å². The zero-order valence-corrected chi connectivity index (χ0v) is 10.4. The molecule has 0 atom stereocenters. The third kappa shape index (κ3) is 2.22. The summed E-state index contributed by atoms with van der Waals surface area (Å²) in [5.41, 5.74) is 6.17. The molecule has 2 aromatic heterocycles. The Morgan fingerprint density at radius 1 is 1.61 bits per heavy atom. The summed E-state index contributed by atoms with van der Waals surface area (Å²) in [5.74, 6) is -0.115. The summed E-state index contributed by atoms with van der Waals surface area (Å²) < 4.78 is 6.43. The van der Waals surface area contributed by atoms with Crippen LogP contribution in [0.4, 0.5) is 5.82 Å². The molecule has 0 bridgehead atoms. The van der Waals surface area contributed by atoms with Crippen molar-refractivity contribution in [1.29, 1.82) is 0 Å². The van der Waals surface area contributed by atoms with Crippen molar-refractivity contribution in [3.8, 4) is 0 Å². The number of nitrogens with zero attached hydrogens (tertiary/aromatic N) is 3. The fourth-order valence-corrected chi connectivity index (χ4v) is 1.77. The maximum Gasteiger partial charge on any atom is 0.217 e. The molecule has 8 heteroatoms. The van der Waals surface area contributed by atoms with Crippen molar-refractivity contribution in [2.45, 2.75) is 6.54 Å². The third-order valence-electron chi connectivity index (χ3n) is 2.43. The molecular weight excluding hydrogens is 258 g/mol. The van der Waals surface area contributed by atoms with Gasteiger partial charge in [-0.05, 0) is 0 Å². The van der Waals surface area contributed by atoms with Gasteiger partial charge < -0.3 is 10.5 Å². The second kappa shape index (κ2) is 5.19. The molecule has 0 unspecified atom stereocenters. The van der Waals surface area contributed by atoms with Crippen LogP contribution in [0.15, 0.2) is 12.4 Å². The van der Waals surface area contributed by atoms with Crippen LogP contribution in [-0.4, -0.2) is 39.5 Å². The van der Waals surface area contributed by atoms with Crippen molar-refractivity contribution in [3.05, 3.63) is 28.7 Å². The van der Waals surface area contributed by atoms with Crippen molar-refractivity contribution in [1.82, 2.24) is 20.0 Å². The van der Waals surface area contributed by atoms with E-state index < -0.39 is 0 Å². The number of methoxy groups -OCH3 is 1. The van der Waals surface area contributed by atoms with Crippen molar-refractivity contribution >= 4 is 23.2 Å². The Morgan fingerprint density at radius 2 is 2.39 bits per heavy atom. The number of aromatic amines is 1. The van der Waals surface area contributed by atoms with E-state index in [-0.39, 0.29) is 27.9 Å². The first-order valence-electron chi connectivity index (χ1n) is 5.19. The Balaban J connectivity index is 2.35. The Kier molecular flexibility index (Phi) is 3.63. The number of aromatic nitrogens is 4. The number of nitrogens with two attached hydrogens (primary N) is 1. The van der Waals surface area contributed by atoms with Crippen LogP contribution in [0.2, 0.25) is 5.02 Å². The Morgan fingerprint density at radius 3 is 3.00 bits per heavy atom. The van der Waals surface area contributed by atoms with Crippen molar-refractivity contribution in [2.75, 3.05) is 19.5 Å².